The number of halogens is 1. The highest BCUT2D eigenvalue weighted by molar-refractivity contribution is 14.0. The summed E-state index contributed by atoms with van der Waals surface area (Å²) in [4.78, 5) is 6.93. The molecule has 0 radical (unpaired) electrons. The molecule has 0 amide bonds. The second-order valence-corrected chi connectivity index (χ2v) is 7.57. The second-order valence-electron chi connectivity index (χ2n) is 7.57. The lowest BCUT2D eigenvalue weighted by molar-refractivity contribution is 0.167. The third-order valence-corrected chi connectivity index (χ3v) is 5.29. The van der Waals surface area contributed by atoms with Gasteiger partial charge in [0.15, 0.2) is 17.5 Å². The van der Waals surface area contributed by atoms with Crippen LogP contribution in [0.25, 0.3) is 0 Å². The number of methoxy groups -OCH3 is 1. The number of piperidine rings is 1. The number of likely N-dealkylation sites (tertiary alicyclic amines) is 1. The van der Waals surface area contributed by atoms with E-state index in [2.05, 4.69) is 46.5 Å². The van der Waals surface area contributed by atoms with Crippen molar-refractivity contribution in [1.29, 1.82) is 0 Å². The molecule has 1 fully saturated rings. The minimum absolute atomic E-state index is 0. The summed E-state index contributed by atoms with van der Waals surface area (Å²) in [6.07, 6.45) is 4.36. The van der Waals surface area contributed by atoms with Crippen molar-refractivity contribution in [3.05, 3.63) is 23.8 Å². The summed E-state index contributed by atoms with van der Waals surface area (Å²) >= 11 is 0. The lowest BCUT2D eigenvalue weighted by Gasteiger charge is -2.35. The van der Waals surface area contributed by atoms with Crippen molar-refractivity contribution in [1.82, 2.24) is 15.5 Å². The zero-order chi connectivity index (χ0) is 20.4. The highest BCUT2D eigenvalue weighted by Gasteiger charge is 2.21. The molecule has 1 aromatic carbocycles. The fourth-order valence-electron chi connectivity index (χ4n) is 3.59. The van der Waals surface area contributed by atoms with Gasteiger partial charge in [-0.05, 0) is 64.2 Å². The topological polar surface area (TPSA) is 58.1 Å². The molecule has 2 N–H and O–H groups in total. The average molecular weight is 518 g/mol. The third kappa shape index (κ3) is 8.58. The zero-order valence-electron chi connectivity index (χ0n) is 18.7. The Kier molecular flexibility index (Phi) is 12.4. The maximum atomic E-state index is 5.66. The number of ether oxygens (including phenoxy) is 2. The van der Waals surface area contributed by atoms with Gasteiger partial charge in [0.1, 0.15) is 0 Å². The van der Waals surface area contributed by atoms with Gasteiger partial charge >= 0.3 is 0 Å². The molecule has 0 atom stereocenters. The largest absolute Gasteiger partial charge is 0.493 e. The normalized spacial score (nSPS) is 15.7. The Hall–Kier alpha value is -1.22. The number of aliphatic imine (C=N–C) groups is 1. The molecule has 6 nitrogen and oxygen atoms in total. The van der Waals surface area contributed by atoms with Gasteiger partial charge in [0.25, 0.3) is 0 Å². The Balaban J connectivity index is 0.00000420. The number of hydrogen-bond acceptors (Lipinski definition) is 4. The number of benzene rings is 1. The first-order valence-corrected chi connectivity index (χ1v) is 10.6. The SMILES string of the molecule is CCOc1cc(CCCNC(=NC)NC2CCN(C(C)C)CC2)ccc1OC.I. The number of rotatable bonds is 9. The Bertz CT molecular complexity index is 617. The Labute approximate surface area is 193 Å². The molecule has 0 aliphatic carbocycles. The number of aryl methyl sites for hydroxylation is 1. The molecule has 0 saturated carbocycles. The molecule has 2 rings (SSSR count). The van der Waals surface area contributed by atoms with Gasteiger partial charge in [-0.25, -0.2) is 0 Å². The van der Waals surface area contributed by atoms with Crippen molar-refractivity contribution in [3.8, 4) is 11.5 Å². The Morgan fingerprint density at radius 2 is 1.97 bits per heavy atom. The van der Waals surface area contributed by atoms with Crippen LogP contribution in [0.1, 0.15) is 45.6 Å². The highest BCUT2D eigenvalue weighted by atomic mass is 127. The van der Waals surface area contributed by atoms with Crippen LogP contribution in [0.3, 0.4) is 0 Å². The molecule has 7 heteroatoms. The first-order valence-electron chi connectivity index (χ1n) is 10.6. The van der Waals surface area contributed by atoms with Crippen molar-refractivity contribution >= 4 is 29.9 Å². The van der Waals surface area contributed by atoms with E-state index in [1.54, 1.807) is 7.11 Å². The summed E-state index contributed by atoms with van der Waals surface area (Å²) in [6, 6.07) is 7.32. The summed E-state index contributed by atoms with van der Waals surface area (Å²) in [5.41, 5.74) is 1.26. The third-order valence-electron chi connectivity index (χ3n) is 5.29. The molecule has 1 aliphatic rings. The number of nitrogens with one attached hydrogen (secondary N) is 2. The molecular formula is C22H39IN4O2. The van der Waals surface area contributed by atoms with Gasteiger partial charge in [0, 0.05) is 38.8 Å². The van der Waals surface area contributed by atoms with Gasteiger partial charge in [-0.15, -0.1) is 24.0 Å². The van der Waals surface area contributed by atoms with Crippen molar-refractivity contribution in [2.45, 2.75) is 58.5 Å². The van der Waals surface area contributed by atoms with E-state index >= 15 is 0 Å². The van der Waals surface area contributed by atoms with Gasteiger partial charge in [0.2, 0.25) is 0 Å². The number of guanidine groups is 1. The Morgan fingerprint density at radius 3 is 2.55 bits per heavy atom. The van der Waals surface area contributed by atoms with E-state index in [0.717, 1.165) is 49.9 Å². The summed E-state index contributed by atoms with van der Waals surface area (Å²) in [5, 5.41) is 7.03. The van der Waals surface area contributed by atoms with Crippen LogP contribution in [0.5, 0.6) is 11.5 Å². The van der Waals surface area contributed by atoms with Gasteiger partial charge in [-0.2, -0.15) is 0 Å². The number of nitrogens with zero attached hydrogens (tertiary/aromatic N) is 2. The predicted octanol–water partition coefficient (Wildman–Crippen LogP) is 3.68. The highest BCUT2D eigenvalue weighted by Crippen LogP contribution is 2.28. The average Bonchev–Trinajstić information content (AvgIpc) is 2.71. The van der Waals surface area contributed by atoms with E-state index in [9.17, 15) is 0 Å². The molecule has 0 bridgehead atoms. The van der Waals surface area contributed by atoms with E-state index in [4.69, 9.17) is 9.47 Å². The standard InChI is InChI=1S/C22H38N4O2.HI/c1-6-28-21-16-18(9-10-20(21)27-5)8-7-13-24-22(23-4)25-19-11-14-26(15-12-19)17(2)3;/h9-10,16-17,19H,6-8,11-15H2,1-5H3,(H2,23,24,25);1H. The van der Waals surface area contributed by atoms with Crippen molar-refractivity contribution in [2.24, 2.45) is 4.99 Å². The molecule has 1 aliphatic heterocycles. The number of hydrogen-bond donors (Lipinski definition) is 2. The lowest BCUT2D eigenvalue weighted by Crippen LogP contribution is -2.50. The summed E-state index contributed by atoms with van der Waals surface area (Å²) in [7, 11) is 3.52. The van der Waals surface area contributed by atoms with Crippen LogP contribution in [-0.4, -0.2) is 63.3 Å². The monoisotopic (exact) mass is 518 g/mol. The van der Waals surface area contributed by atoms with Crippen LogP contribution in [0, 0.1) is 0 Å². The van der Waals surface area contributed by atoms with Crippen LogP contribution in [0.15, 0.2) is 23.2 Å². The van der Waals surface area contributed by atoms with Gasteiger partial charge in [-0.1, -0.05) is 6.07 Å². The molecule has 1 saturated heterocycles. The fourth-order valence-corrected chi connectivity index (χ4v) is 3.59. The zero-order valence-corrected chi connectivity index (χ0v) is 21.0. The van der Waals surface area contributed by atoms with E-state index in [0.29, 0.717) is 18.7 Å². The molecule has 1 aromatic rings. The van der Waals surface area contributed by atoms with E-state index in [-0.39, 0.29) is 24.0 Å². The van der Waals surface area contributed by atoms with E-state index in [1.165, 1.54) is 18.4 Å². The molecule has 29 heavy (non-hydrogen) atoms. The van der Waals surface area contributed by atoms with E-state index in [1.807, 2.05) is 20.0 Å². The summed E-state index contributed by atoms with van der Waals surface area (Å²) in [5.74, 6) is 2.52. The van der Waals surface area contributed by atoms with Crippen LogP contribution in [0.4, 0.5) is 0 Å². The van der Waals surface area contributed by atoms with Crippen LogP contribution >= 0.6 is 24.0 Å². The van der Waals surface area contributed by atoms with Gasteiger partial charge in [-0.3, -0.25) is 4.99 Å². The first-order chi connectivity index (χ1) is 13.6. The lowest BCUT2D eigenvalue weighted by atomic mass is 10.0. The second kappa shape index (κ2) is 13.9. The maximum Gasteiger partial charge on any atom is 0.191 e. The predicted molar refractivity (Wildman–Crippen MR) is 132 cm³/mol. The van der Waals surface area contributed by atoms with Crippen molar-refractivity contribution in [2.75, 3.05) is 40.4 Å². The first kappa shape index (κ1) is 25.8. The van der Waals surface area contributed by atoms with E-state index < -0.39 is 0 Å². The minimum Gasteiger partial charge on any atom is -0.493 e. The van der Waals surface area contributed by atoms with Crippen LogP contribution < -0.4 is 20.1 Å². The van der Waals surface area contributed by atoms with Crippen molar-refractivity contribution < 1.29 is 9.47 Å². The maximum absolute atomic E-state index is 5.66. The van der Waals surface area contributed by atoms with Gasteiger partial charge in [0.05, 0.1) is 13.7 Å². The molecule has 1 heterocycles. The molecule has 166 valence electrons. The minimum atomic E-state index is 0. The fraction of sp³-hybridized carbons (Fsp3) is 0.682. The molecule has 0 spiro atoms. The molecule has 0 aromatic heterocycles. The van der Waals surface area contributed by atoms with Gasteiger partial charge < -0.3 is 25.0 Å². The Morgan fingerprint density at radius 1 is 1.24 bits per heavy atom. The molecular weight excluding hydrogens is 479 g/mol. The quantitative estimate of drug-likeness (QED) is 0.226. The molecule has 0 unspecified atom stereocenters. The van der Waals surface area contributed by atoms with Crippen LogP contribution in [-0.2, 0) is 6.42 Å². The van der Waals surface area contributed by atoms with Crippen LogP contribution in [0.2, 0.25) is 0 Å². The smallest absolute Gasteiger partial charge is 0.191 e. The summed E-state index contributed by atoms with van der Waals surface area (Å²) < 4.78 is 11.0. The van der Waals surface area contributed by atoms with Crippen molar-refractivity contribution in [3.63, 3.8) is 0 Å². The summed E-state index contributed by atoms with van der Waals surface area (Å²) in [6.45, 7) is 10.4.